The Hall–Kier alpha value is -8.92. The fourth-order valence-electron chi connectivity index (χ4n) is 12.3. The minimum atomic E-state index is -1.94. The standard InChI is InChI=1S/C62H85N13O16/c1-26(2)42-59(85)74-21-17-19-36(74)57(83)70(13)24-38(76)72(15)48(28(5)6)61(87)89-32(11)44(55(81)66-42)68-53(79)34-23-35(63)30(9)51-46(34)65-47-40(41(64)50(78)31(10)52(47)91-51)54(80)69-45-33(12)90-62(88)49(29(7)8)73(16)39(77)25-71(14)58(84)37-20-18-22-75(37)60(86)43(27(3)4)67-56(45)82/h23,26-29,32-33,36-37,42-45,48-49,63-64H,17-22,24-25H2,1-16H3,(H,66,81)(H,67,82)(H,68,79)(H,69,80)/t32-,33-,36+,37+,42-,43-,44+,45+,48+,49+/m1/s1. The van der Waals surface area contributed by atoms with Gasteiger partial charge in [0.05, 0.1) is 29.6 Å². The summed E-state index contributed by atoms with van der Waals surface area (Å²) in [6.07, 6.45) is -1.82. The number of likely N-dealkylation sites (N-methyl/N-ethyl adjacent to an activating group) is 4. The summed E-state index contributed by atoms with van der Waals surface area (Å²) >= 11 is 0. The maximum atomic E-state index is 15.2. The first-order valence-electron chi connectivity index (χ1n) is 30.7. The summed E-state index contributed by atoms with van der Waals surface area (Å²) < 4.78 is 18.2. The number of nitrogens with one attached hydrogen (secondary N) is 6. The van der Waals surface area contributed by atoms with Gasteiger partial charge < -0.3 is 70.0 Å². The van der Waals surface area contributed by atoms with E-state index in [-0.39, 0.29) is 53.9 Å². The van der Waals surface area contributed by atoms with E-state index in [2.05, 4.69) is 21.3 Å². The number of carbonyl (C=O) groups is 13. The highest BCUT2D eigenvalue weighted by Gasteiger charge is 2.47. The van der Waals surface area contributed by atoms with Crippen molar-refractivity contribution in [3.63, 3.8) is 0 Å². The molecule has 0 aromatic carbocycles. The Morgan fingerprint density at radius 3 is 1.44 bits per heavy atom. The number of hydrogen-bond donors (Lipinski definition) is 6. The fraction of sp³-hybridized carbons (Fsp3) is 0.613. The summed E-state index contributed by atoms with van der Waals surface area (Å²) in [4.78, 5) is 199. The zero-order chi connectivity index (χ0) is 67.8. The van der Waals surface area contributed by atoms with Crippen molar-refractivity contribution < 1.29 is 76.2 Å². The monoisotopic (exact) mass is 1270 g/mol. The topological polar surface area (TPSA) is 382 Å². The van der Waals surface area contributed by atoms with Gasteiger partial charge in [0.25, 0.3) is 11.8 Å². The first-order chi connectivity index (χ1) is 42.5. The number of ketones is 1. The largest absolute Gasteiger partial charge is 0.458 e. The van der Waals surface area contributed by atoms with Crippen molar-refractivity contribution in [1.29, 1.82) is 10.8 Å². The molecule has 10 amide bonds. The smallest absolute Gasteiger partial charge is 0.329 e. The van der Waals surface area contributed by atoms with E-state index in [0.29, 0.717) is 12.8 Å². The van der Waals surface area contributed by atoms with Crippen molar-refractivity contribution in [2.45, 2.75) is 169 Å². The van der Waals surface area contributed by atoms with E-state index in [1.165, 1.54) is 75.5 Å². The molecule has 0 radical (unpaired) electrons. The van der Waals surface area contributed by atoms with Gasteiger partial charge in [-0.1, -0.05) is 55.4 Å². The molecule has 0 saturated carbocycles. The Morgan fingerprint density at radius 2 is 1.03 bits per heavy atom. The molecule has 0 spiro atoms. The second-order valence-corrected chi connectivity index (χ2v) is 25.7. The number of nitrogens with zero attached hydrogens (tertiary/aromatic N) is 7. The zero-order valence-corrected chi connectivity index (χ0v) is 54.5. The van der Waals surface area contributed by atoms with Crippen molar-refractivity contribution in [2.24, 2.45) is 23.7 Å². The van der Waals surface area contributed by atoms with Gasteiger partial charge in [0.2, 0.25) is 53.0 Å². The Balaban J connectivity index is 1.35. The van der Waals surface area contributed by atoms with Gasteiger partial charge in [0.1, 0.15) is 77.3 Å². The highest BCUT2D eigenvalue weighted by atomic mass is 16.6. The van der Waals surface area contributed by atoms with Crippen LogP contribution in [0.2, 0.25) is 0 Å². The summed E-state index contributed by atoms with van der Waals surface area (Å²) in [6.45, 7) is 17.8. The third-order valence-electron chi connectivity index (χ3n) is 17.7. The maximum Gasteiger partial charge on any atom is 0.329 e. The van der Waals surface area contributed by atoms with Crippen molar-refractivity contribution in [3.8, 4) is 11.5 Å². The molecular weight excluding hydrogens is 1180 g/mol. The van der Waals surface area contributed by atoms with Gasteiger partial charge in [-0.3, -0.25) is 58.1 Å². The molecule has 494 valence electrons. The quantitative estimate of drug-likeness (QED) is 0.157. The third-order valence-corrected chi connectivity index (χ3v) is 17.7. The molecule has 10 atom stereocenters. The van der Waals surface area contributed by atoms with E-state index in [1.54, 1.807) is 55.4 Å². The first kappa shape index (κ1) is 69.6. The minimum absolute atomic E-state index is 0.0661. The molecule has 0 unspecified atom stereocenters. The molecule has 4 saturated heterocycles. The van der Waals surface area contributed by atoms with Crippen LogP contribution in [0.4, 0.5) is 0 Å². The lowest BCUT2D eigenvalue weighted by atomic mass is 9.94. The number of benzene rings is 1. The molecule has 0 aromatic heterocycles. The Morgan fingerprint density at radius 1 is 0.615 bits per heavy atom. The molecule has 29 heteroatoms. The second-order valence-electron chi connectivity index (χ2n) is 25.7. The van der Waals surface area contributed by atoms with Crippen molar-refractivity contribution in [2.75, 3.05) is 54.4 Å². The first-order valence-corrected chi connectivity index (χ1v) is 30.7. The molecule has 5 heterocycles. The molecule has 7 aliphatic rings. The van der Waals surface area contributed by atoms with Crippen LogP contribution >= 0.6 is 0 Å². The number of rotatable bonds is 8. The number of cyclic esters (lactones) is 2. The SMILES string of the molecule is CC1=c2oc3c(C)c(=N)cc(C(=O)N[C@@H]4C(=O)N[C@H](C(C)C)C(=O)N5CCC[C@H]5C(=O)N(C)CC(=O)N(C)[C@@H](C(C)C)C(=O)O[C@@H]4C)c-3nc2=C(C(=O)N[C@@H]2C(=O)N[C@H](C(C)C)C(=O)N3CCC[C@H]3C(=O)N(C)CC(=O)N(C)[C@@H](C(C)C)C(=O)O[C@@H]2C)C(=N)C1=O. The van der Waals surface area contributed by atoms with Crippen LogP contribution in [0.3, 0.4) is 0 Å². The number of esters is 2. The third kappa shape index (κ3) is 13.9. The lowest BCUT2D eigenvalue weighted by molar-refractivity contribution is -0.163. The highest BCUT2D eigenvalue weighted by Crippen LogP contribution is 2.28. The Labute approximate surface area is 526 Å². The van der Waals surface area contributed by atoms with Crippen molar-refractivity contribution >= 4 is 93.7 Å². The lowest BCUT2D eigenvalue weighted by Gasteiger charge is -2.36. The summed E-state index contributed by atoms with van der Waals surface area (Å²) in [7, 11) is 5.53. The van der Waals surface area contributed by atoms with Crippen LogP contribution in [0.15, 0.2) is 10.5 Å². The van der Waals surface area contributed by atoms with Crippen LogP contribution < -0.4 is 37.4 Å². The lowest BCUT2D eigenvalue weighted by Crippen LogP contribution is -2.62. The summed E-state index contributed by atoms with van der Waals surface area (Å²) in [5, 5.41) is 27.8. The average molecular weight is 1270 g/mol. The van der Waals surface area contributed by atoms with Gasteiger partial charge in [-0.15, -0.1) is 0 Å². The highest BCUT2D eigenvalue weighted by molar-refractivity contribution is 6.70. The van der Waals surface area contributed by atoms with Gasteiger partial charge in [0, 0.05) is 52.4 Å². The molecular formula is C62H85N13O16. The van der Waals surface area contributed by atoms with Gasteiger partial charge in [-0.05, 0) is 83.1 Å². The van der Waals surface area contributed by atoms with Crippen LogP contribution in [-0.4, -0.2) is 232 Å². The molecule has 5 aliphatic heterocycles. The van der Waals surface area contributed by atoms with Gasteiger partial charge in [-0.25, -0.2) is 14.6 Å². The number of hydrogen-bond acceptors (Lipinski definition) is 19. The van der Waals surface area contributed by atoms with Crippen LogP contribution in [0, 0.1) is 41.4 Å². The van der Waals surface area contributed by atoms with E-state index < -0.39 is 202 Å². The van der Waals surface area contributed by atoms with Crippen LogP contribution in [-0.2, 0) is 67.0 Å². The maximum absolute atomic E-state index is 15.2. The molecule has 2 aliphatic carbocycles. The summed E-state index contributed by atoms with van der Waals surface area (Å²) in [6, 6.07) is -9.95. The van der Waals surface area contributed by atoms with Crippen molar-refractivity contribution in [1.82, 2.24) is 55.7 Å². The molecule has 4 fully saturated rings. The molecule has 6 N–H and O–H groups in total. The zero-order valence-electron chi connectivity index (χ0n) is 54.5. The Kier molecular flexibility index (Phi) is 21.1. The molecule has 91 heavy (non-hydrogen) atoms. The van der Waals surface area contributed by atoms with E-state index in [1.807, 2.05) is 0 Å². The predicted molar refractivity (Wildman–Crippen MR) is 324 cm³/mol. The minimum Gasteiger partial charge on any atom is -0.458 e. The average Bonchev–Trinajstić information content (AvgIpc) is 1.33. The normalized spacial score (nSPS) is 26.9. The number of ether oxygens (including phenoxy) is 2. The fourth-order valence-corrected chi connectivity index (χ4v) is 12.3. The van der Waals surface area contributed by atoms with Crippen molar-refractivity contribution in [3.05, 3.63) is 33.3 Å². The second kappa shape index (κ2) is 27.7. The van der Waals surface area contributed by atoms with Crippen LogP contribution in [0.1, 0.15) is 118 Å². The van der Waals surface area contributed by atoms with Gasteiger partial charge >= 0.3 is 11.9 Å². The summed E-state index contributed by atoms with van der Waals surface area (Å²) in [5.41, 5.74) is -3.22. The summed E-state index contributed by atoms with van der Waals surface area (Å²) in [5.74, 6) is -14.0. The predicted octanol–water partition coefficient (Wildman–Crippen LogP) is -1.89. The number of amides is 10. The van der Waals surface area contributed by atoms with E-state index in [4.69, 9.17) is 29.7 Å². The van der Waals surface area contributed by atoms with Gasteiger partial charge in [-0.2, -0.15) is 0 Å². The van der Waals surface area contributed by atoms with E-state index in [9.17, 15) is 52.7 Å². The van der Waals surface area contributed by atoms with E-state index in [0.717, 1.165) is 15.9 Å². The molecule has 7 rings (SSSR count). The van der Waals surface area contributed by atoms with Crippen LogP contribution in [0.5, 0.6) is 0 Å². The number of fused-ring (bicyclic) bond motifs is 4. The molecule has 0 bridgehead atoms. The van der Waals surface area contributed by atoms with Gasteiger partial charge in [0.15, 0.2) is 11.2 Å². The van der Waals surface area contributed by atoms with E-state index >= 15 is 9.59 Å². The number of aromatic nitrogens is 1. The van der Waals surface area contributed by atoms with Crippen LogP contribution in [0.25, 0.3) is 22.6 Å². The Bertz CT molecular complexity index is 3540. The molecule has 0 aromatic rings. The molecule has 29 nitrogen and oxygen atoms in total. The number of carbonyl (C=O) groups excluding carboxylic acids is 13. The number of Topliss-reactive ketones (excluding diaryl/α,β-unsaturated/α-hetero) is 1.